The van der Waals surface area contributed by atoms with Crippen molar-refractivity contribution >= 4 is 113 Å². The van der Waals surface area contributed by atoms with Gasteiger partial charge < -0.3 is 9.80 Å². The summed E-state index contributed by atoms with van der Waals surface area (Å²) in [6, 6.07) is 121. The third-order valence-corrected chi connectivity index (χ3v) is 26.5. The molecule has 2 heteroatoms. The molecule has 0 amide bonds. The standard InChI is InChI=1S/C116H108N2/c1-81-39-63-97(64-40-81)117(99-67-51-91(52-68-99)79-111(93-55-43-87(44-56-93)75-83-23-7-3-8-24-83)94-57-45-88(46-58-94)76-84-25-9-4-10-26-84)113-73-71-109(101-31-15-17-33-103(101)113)115-105-35-19-21-37-107(105)116(108-38-22-20-36-106(108)115)110-72-74-114(104-34-18-16-32-102(104)110)118(98-65-41-82(2)42-66-98)100-69-53-92(54-70-100)80-112(95-59-47-89(48-60-95)77-85-27-11-5-12-28-85)96-61-49-90(50-62-96)78-86-29-13-6-14-30-86/h15-22,31-75,77,79-80,84,86H,3-14,23-30,76,78H2,1-2H3. The molecule has 15 aromatic carbocycles. The van der Waals surface area contributed by atoms with Gasteiger partial charge in [0.15, 0.2) is 0 Å². The first kappa shape index (κ1) is 75.9. The number of fused-ring (bicyclic) bond motifs is 4. The molecule has 0 atom stereocenters. The average molecular weight is 1530 g/mol. The molecular formula is C116H108N2. The Hall–Kier alpha value is -12.1. The Labute approximate surface area is 700 Å². The lowest BCUT2D eigenvalue weighted by atomic mass is 9.83. The summed E-state index contributed by atoms with van der Waals surface area (Å²) in [4.78, 5) is 4.94. The van der Waals surface area contributed by atoms with Crippen LogP contribution in [0.25, 0.3) is 101 Å². The molecule has 582 valence electrons. The number of aryl methyl sites for hydroxylation is 2. The van der Waals surface area contributed by atoms with Gasteiger partial charge in [0.2, 0.25) is 0 Å². The van der Waals surface area contributed by atoms with Gasteiger partial charge in [0, 0.05) is 33.5 Å². The first-order chi connectivity index (χ1) is 58.3. The van der Waals surface area contributed by atoms with E-state index in [2.05, 4.69) is 363 Å². The number of benzene rings is 15. The Morgan fingerprint density at radius 2 is 0.542 bits per heavy atom. The monoisotopic (exact) mass is 1530 g/mol. The van der Waals surface area contributed by atoms with Crippen molar-refractivity contribution in [3.8, 4) is 22.3 Å². The molecule has 2 nitrogen and oxygen atoms in total. The van der Waals surface area contributed by atoms with Crippen LogP contribution < -0.4 is 9.80 Å². The van der Waals surface area contributed by atoms with Crippen molar-refractivity contribution in [3.05, 3.63) is 393 Å². The number of hydrogen-bond acceptors (Lipinski definition) is 2. The number of allylic oxidation sites excluding steroid dienone is 2. The van der Waals surface area contributed by atoms with E-state index >= 15 is 0 Å². The second-order valence-corrected chi connectivity index (χ2v) is 34.6. The summed E-state index contributed by atoms with van der Waals surface area (Å²) in [5.41, 5.74) is 32.5. The summed E-state index contributed by atoms with van der Waals surface area (Å²) >= 11 is 0. The second kappa shape index (κ2) is 35.0. The van der Waals surface area contributed by atoms with E-state index in [0.717, 1.165) is 57.1 Å². The maximum Gasteiger partial charge on any atom is 0.0540 e. The van der Waals surface area contributed by atoms with Crippen LogP contribution in [-0.4, -0.2) is 0 Å². The summed E-state index contributed by atoms with van der Waals surface area (Å²) in [6.07, 6.45) is 38.6. The molecule has 4 saturated carbocycles. The van der Waals surface area contributed by atoms with Crippen LogP contribution in [0.1, 0.15) is 195 Å². The summed E-state index contributed by atoms with van der Waals surface area (Å²) < 4.78 is 0. The predicted octanol–water partition coefficient (Wildman–Crippen LogP) is 33.3. The molecular weight excluding hydrogens is 1420 g/mol. The SMILES string of the molecule is Cc1ccc(N(c2ccc(C=C(c3ccc(C=C4CCCCC4)cc3)c3ccc(CC4CCCCC4)cc3)cc2)c2ccc(-c3c4ccccc4c(-c4ccc(N(c5ccc(C)cc5)c5ccc(C=C(c6ccc(C=C7CCCCC7)cc6)c6ccc(CC7CCCCC7)cc6)cc5)c5ccccc45)c4ccccc34)c3ccccc23)cc1. The van der Waals surface area contributed by atoms with Gasteiger partial charge in [-0.15, -0.1) is 0 Å². The molecule has 0 aromatic heterocycles. The number of hydrogen-bond donors (Lipinski definition) is 0. The van der Waals surface area contributed by atoms with Crippen LogP contribution in [0, 0.1) is 25.7 Å². The highest BCUT2D eigenvalue weighted by Crippen LogP contribution is 2.51. The summed E-state index contributed by atoms with van der Waals surface area (Å²) in [7, 11) is 0. The first-order valence-electron chi connectivity index (χ1n) is 44.4. The van der Waals surface area contributed by atoms with Crippen LogP contribution in [0.4, 0.5) is 34.1 Å². The molecule has 0 aliphatic heterocycles. The first-order valence-corrected chi connectivity index (χ1v) is 44.4. The van der Waals surface area contributed by atoms with Crippen LogP contribution in [0.2, 0.25) is 0 Å². The largest absolute Gasteiger partial charge is 0.310 e. The second-order valence-electron chi connectivity index (χ2n) is 34.6. The third kappa shape index (κ3) is 16.5. The van der Waals surface area contributed by atoms with Gasteiger partial charge >= 0.3 is 0 Å². The molecule has 0 spiro atoms. The average Bonchev–Trinajstić information content (AvgIpc) is 0.716. The Morgan fingerprint density at radius 3 is 0.873 bits per heavy atom. The normalized spacial score (nSPS) is 15.3. The smallest absolute Gasteiger partial charge is 0.0540 e. The molecule has 19 rings (SSSR count). The van der Waals surface area contributed by atoms with Gasteiger partial charge in [0.1, 0.15) is 0 Å². The van der Waals surface area contributed by atoms with Gasteiger partial charge in [-0.2, -0.15) is 0 Å². The lowest BCUT2D eigenvalue weighted by Gasteiger charge is -2.28. The molecule has 0 unspecified atom stereocenters. The Morgan fingerprint density at radius 1 is 0.263 bits per heavy atom. The molecule has 4 aliphatic carbocycles. The van der Waals surface area contributed by atoms with Crippen LogP contribution >= 0.6 is 0 Å². The van der Waals surface area contributed by atoms with Gasteiger partial charge in [-0.3, -0.25) is 0 Å². The zero-order chi connectivity index (χ0) is 79.1. The van der Waals surface area contributed by atoms with E-state index in [1.54, 1.807) is 11.1 Å². The van der Waals surface area contributed by atoms with Crippen molar-refractivity contribution in [2.45, 2.75) is 155 Å². The quantitative estimate of drug-likeness (QED) is 0.0554. The molecule has 118 heavy (non-hydrogen) atoms. The van der Waals surface area contributed by atoms with Gasteiger partial charge in [0.25, 0.3) is 0 Å². The van der Waals surface area contributed by atoms with E-state index in [4.69, 9.17) is 0 Å². The summed E-state index contributed by atoms with van der Waals surface area (Å²) in [5.74, 6) is 1.59. The van der Waals surface area contributed by atoms with Crippen molar-refractivity contribution in [3.63, 3.8) is 0 Å². The van der Waals surface area contributed by atoms with Crippen LogP contribution in [0.3, 0.4) is 0 Å². The lowest BCUT2D eigenvalue weighted by molar-refractivity contribution is 0.356. The van der Waals surface area contributed by atoms with Crippen molar-refractivity contribution in [2.24, 2.45) is 11.8 Å². The molecule has 4 fully saturated rings. The van der Waals surface area contributed by atoms with Crippen molar-refractivity contribution in [2.75, 3.05) is 9.80 Å². The molecule has 0 bridgehead atoms. The zero-order valence-electron chi connectivity index (χ0n) is 68.9. The number of anilines is 6. The number of nitrogens with zero attached hydrogens (tertiary/aromatic N) is 2. The molecule has 15 aromatic rings. The Bertz CT molecular complexity index is 5740. The molecule has 4 aliphatic rings. The fourth-order valence-electron chi connectivity index (χ4n) is 20.2. The summed E-state index contributed by atoms with van der Waals surface area (Å²) in [5, 5.41) is 9.65. The molecule has 0 saturated heterocycles. The lowest BCUT2D eigenvalue weighted by Crippen LogP contribution is -2.11. The minimum absolute atomic E-state index is 0.796. The van der Waals surface area contributed by atoms with Gasteiger partial charge in [-0.1, -0.05) is 366 Å². The summed E-state index contributed by atoms with van der Waals surface area (Å²) in [6.45, 7) is 4.36. The molecule has 0 heterocycles. The fourth-order valence-corrected chi connectivity index (χ4v) is 20.2. The topological polar surface area (TPSA) is 6.48 Å². The van der Waals surface area contributed by atoms with Crippen LogP contribution in [0.5, 0.6) is 0 Å². The van der Waals surface area contributed by atoms with Crippen molar-refractivity contribution in [1.29, 1.82) is 0 Å². The third-order valence-electron chi connectivity index (χ3n) is 26.5. The van der Waals surface area contributed by atoms with Gasteiger partial charge in [-0.25, -0.2) is 0 Å². The Balaban J connectivity index is 0.676. The van der Waals surface area contributed by atoms with E-state index in [1.807, 2.05) is 0 Å². The van der Waals surface area contributed by atoms with Crippen LogP contribution in [-0.2, 0) is 12.8 Å². The maximum absolute atomic E-state index is 2.47. The molecule has 0 N–H and O–H groups in total. The van der Waals surface area contributed by atoms with Gasteiger partial charge in [-0.05, 0) is 284 Å². The van der Waals surface area contributed by atoms with Crippen molar-refractivity contribution < 1.29 is 0 Å². The van der Waals surface area contributed by atoms with Gasteiger partial charge in [0.05, 0.1) is 11.4 Å². The van der Waals surface area contributed by atoms with E-state index < -0.39 is 0 Å². The maximum atomic E-state index is 2.47. The minimum atomic E-state index is 0.796. The van der Waals surface area contributed by atoms with E-state index in [0.29, 0.717) is 0 Å². The fraction of sp³-hybridized carbons (Fsp3) is 0.224. The minimum Gasteiger partial charge on any atom is -0.310 e. The highest BCUT2D eigenvalue weighted by atomic mass is 15.1. The highest BCUT2D eigenvalue weighted by molar-refractivity contribution is 6.26. The predicted molar refractivity (Wildman–Crippen MR) is 509 cm³/mol. The Kier molecular flexibility index (Phi) is 22.5. The van der Waals surface area contributed by atoms with Crippen molar-refractivity contribution in [1.82, 2.24) is 0 Å². The van der Waals surface area contributed by atoms with E-state index in [1.165, 1.54) is 273 Å². The van der Waals surface area contributed by atoms with E-state index in [9.17, 15) is 0 Å². The highest BCUT2D eigenvalue weighted by Gasteiger charge is 2.26. The molecule has 0 radical (unpaired) electrons. The number of rotatable bonds is 20. The zero-order valence-corrected chi connectivity index (χ0v) is 68.9. The van der Waals surface area contributed by atoms with E-state index in [-0.39, 0.29) is 0 Å². The van der Waals surface area contributed by atoms with Crippen LogP contribution in [0.15, 0.2) is 327 Å².